The zero-order chi connectivity index (χ0) is 19.8. The normalized spacial score (nSPS) is 11.9. The van der Waals surface area contributed by atoms with Crippen molar-refractivity contribution in [2.45, 2.75) is 18.9 Å². The average molecular weight is 376 g/mol. The second-order valence-corrected chi connectivity index (χ2v) is 6.32. The quantitative estimate of drug-likeness (QED) is 0.687. The fraction of sp³-hybridized carbons (Fsp3) is 0.450. The van der Waals surface area contributed by atoms with Crippen molar-refractivity contribution < 1.29 is 23.4 Å². The molecule has 1 unspecified atom stereocenters. The van der Waals surface area contributed by atoms with Crippen molar-refractivity contribution in [3.63, 3.8) is 0 Å². The van der Waals surface area contributed by atoms with E-state index in [1.807, 2.05) is 43.3 Å². The first-order valence-electron chi connectivity index (χ1n) is 8.75. The van der Waals surface area contributed by atoms with Crippen LogP contribution in [-0.2, 0) is 11.2 Å². The summed E-state index contributed by atoms with van der Waals surface area (Å²) >= 11 is 0. The molecule has 7 heteroatoms. The number of carbonyl (C=O) groups excluding carboxylic acids is 1. The molecule has 27 heavy (non-hydrogen) atoms. The van der Waals surface area contributed by atoms with Crippen molar-refractivity contribution in [2.75, 3.05) is 42.0 Å². The molecule has 1 aromatic heterocycles. The zero-order valence-electron chi connectivity index (χ0n) is 16.6. The molecule has 7 nitrogen and oxygen atoms in total. The van der Waals surface area contributed by atoms with Crippen LogP contribution in [0.3, 0.4) is 0 Å². The predicted molar refractivity (Wildman–Crippen MR) is 103 cm³/mol. The summed E-state index contributed by atoms with van der Waals surface area (Å²) in [6.07, 6.45) is 2.57. The number of ether oxygens (including phenoxy) is 3. The van der Waals surface area contributed by atoms with Crippen LogP contribution in [-0.4, -0.2) is 52.8 Å². The molecule has 0 fully saturated rings. The Morgan fingerprint density at radius 1 is 1.15 bits per heavy atom. The van der Waals surface area contributed by atoms with Gasteiger partial charge in [-0.2, -0.15) is 0 Å². The van der Waals surface area contributed by atoms with Gasteiger partial charge in [-0.25, -0.2) is 0 Å². The number of carbonyl (C=O) groups is 1. The summed E-state index contributed by atoms with van der Waals surface area (Å²) in [5.74, 6) is 2.50. The maximum atomic E-state index is 12.2. The Balaban J connectivity index is 2.09. The fourth-order valence-corrected chi connectivity index (χ4v) is 2.88. The molecule has 2 aromatic rings. The first-order valence-corrected chi connectivity index (χ1v) is 8.75. The molecule has 1 N–H and O–H groups in total. The van der Waals surface area contributed by atoms with Gasteiger partial charge in [0.25, 0.3) is 0 Å². The molecule has 2 rings (SSSR count). The van der Waals surface area contributed by atoms with Gasteiger partial charge >= 0.3 is 0 Å². The van der Waals surface area contributed by atoms with Gasteiger partial charge < -0.3 is 28.8 Å². The molecule has 0 aliphatic rings. The lowest BCUT2D eigenvalue weighted by Crippen LogP contribution is -2.34. The number of hydrogen-bond donors (Lipinski definition) is 1. The Morgan fingerprint density at radius 3 is 2.30 bits per heavy atom. The number of benzene rings is 1. The molecule has 0 bridgehead atoms. The predicted octanol–water partition coefficient (Wildman–Crippen LogP) is 2.66. The number of likely N-dealkylation sites (N-methyl/N-ethyl adjacent to an activating group) is 1. The van der Waals surface area contributed by atoms with E-state index in [1.165, 1.54) is 0 Å². The van der Waals surface area contributed by atoms with E-state index in [9.17, 15) is 4.79 Å². The Morgan fingerprint density at radius 2 is 1.81 bits per heavy atom. The van der Waals surface area contributed by atoms with E-state index in [1.54, 1.807) is 27.6 Å². The van der Waals surface area contributed by atoms with Crippen molar-refractivity contribution in [3.8, 4) is 17.2 Å². The van der Waals surface area contributed by atoms with Crippen LogP contribution in [0.25, 0.3) is 0 Å². The molecule has 0 saturated heterocycles. The van der Waals surface area contributed by atoms with Crippen molar-refractivity contribution in [3.05, 3.63) is 41.9 Å². The molecule has 1 amide bonds. The standard InChI is InChI=1S/C20H28N2O5/c1-22(2)16(13-21-19(23)9-8-15-7-6-10-27-15)14-11-17(24-3)20(26-5)18(12-14)25-4/h6-7,10-12,16H,8-9,13H2,1-5H3,(H,21,23). The molecule has 1 atom stereocenters. The third kappa shape index (κ3) is 5.40. The van der Waals surface area contributed by atoms with Crippen molar-refractivity contribution in [1.82, 2.24) is 10.2 Å². The summed E-state index contributed by atoms with van der Waals surface area (Å²) in [4.78, 5) is 14.2. The number of methoxy groups -OCH3 is 3. The van der Waals surface area contributed by atoms with Crippen LogP contribution < -0.4 is 19.5 Å². The first-order chi connectivity index (χ1) is 13.0. The summed E-state index contributed by atoms with van der Waals surface area (Å²) in [5, 5.41) is 2.99. The molecule has 0 aliphatic heterocycles. The average Bonchev–Trinajstić information content (AvgIpc) is 3.18. The molecule has 1 aromatic carbocycles. The number of rotatable bonds is 10. The number of aryl methyl sites for hydroxylation is 1. The maximum absolute atomic E-state index is 12.2. The Bertz CT molecular complexity index is 703. The van der Waals surface area contributed by atoms with Gasteiger partial charge in [-0.1, -0.05) is 0 Å². The Labute approximate surface area is 160 Å². The first kappa shape index (κ1) is 20.6. The van der Waals surface area contributed by atoms with Gasteiger partial charge in [-0.3, -0.25) is 4.79 Å². The van der Waals surface area contributed by atoms with Crippen molar-refractivity contribution in [2.24, 2.45) is 0 Å². The van der Waals surface area contributed by atoms with Crippen LogP contribution in [0.2, 0.25) is 0 Å². The molecule has 1 heterocycles. The summed E-state index contributed by atoms with van der Waals surface area (Å²) in [7, 11) is 8.67. The highest BCUT2D eigenvalue weighted by Crippen LogP contribution is 2.40. The third-order valence-corrected chi connectivity index (χ3v) is 4.37. The minimum Gasteiger partial charge on any atom is -0.493 e. The lowest BCUT2D eigenvalue weighted by Gasteiger charge is -2.26. The van der Waals surface area contributed by atoms with Gasteiger partial charge in [0, 0.05) is 19.4 Å². The largest absolute Gasteiger partial charge is 0.493 e. The van der Waals surface area contributed by atoms with Crippen molar-refractivity contribution in [1.29, 1.82) is 0 Å². The van der Waals surface area contributed by atoms with E-state index < -0.39 is 0 Å². The van der Waals surface area contributed by atoms with Crippen LogP contribution in [0, 0.1) is 0 Å². The summed E-state index contributed by atoms with van der Waals surface area (Å²) in [6.45, 7) is 0.461. The molecule has 0 spiro atoms. The van der Waals surface area contributed by atoms with E-state index in [0.29, 0.717) is 36.6 Å². The molecule has 0 saturated carbocycles. The second kappa shape index (κ2) is 9.87. The van der Waals surface area contributed by atoms with Crippen molar-refractivity contribution >= 4 is 5.91 Å². The highest BCUT2D eigenvalue weighted by Gasteiger charge is 2.21. The SMILES string of the molecule is COc1cc(C(CNC(=O)CCc2ccco2)N(C)C)cc(OC)c1OC. The number of nitrogens with one attached hydrogen (secondary N) is 1. The Hall–Kier alpha value is -2.67. The zero-order valence-corrected chi connectivity index (χ0v) is 16.6. The van der Waals surface area contributed by atoms with Crippen LogP contribution in [0.15, 0.2) is 34.9 Å². The maximum Gasteiger partial charge on any atom is 0.220 e. The molecule has 0 radical (unpaired) electrons. The van der Waals surface area contributed by atoms with Gasteiger partial charge in [-0.05, 0) is 43.9 Å². The summed E-state index contributed by atoms with van der Waals surface area (Å²) in [6, 6.07) is 7.44. The lowest BCUT2D eigenvalue weighted by atomic mass is 10.0. The highest BCUT2D eigenvalue weighted by atomic mass is 16.5. The van der Waals surface area contributed by atoms with E-state index >= 15 is 0 Å². The molecular weight excluding hydrogens is 348 g/mol. The van der Waals surface area contributed by atoms with Gasteiger partial charge in [0.1, 0.15) is 5.76 Å². The van der Waals surface area contributed by atoms with Gasteiger partial charge in [-0.15, -0.1) is 0 Å². The summed E-state index contributed by atoms with van der Waals surface area (Å²) < 4.78 is 21.5. The monoisotopic (exact) mass is 376 g/mol. The van der Waals surface area contributed by atoms with Crippen LogP contribution in [0.1, 0.15) is 23.8 Å². The van der Waals surface area contributed by atoms with Crippen LogP contribution in [0.4, 0.5) is 0 Å². The minimum absolute atomic E-state index is 0.0225. The number of nitrogens with zero attached hydrogens (tertiary/aromatic N) is 1. The fourth-order valence-electron chi connectivity index (χ4n) is 2.88. The highest BCUT2D eigenvalue weighted by molar-refractivity contribution is 5.76. The van der Waals surface area contributed by atoms with Gasteiger partial charge in [0.15, 0.2) is 11.5 Å². The molecule has 148 valence electrons. The van der Waals surface area contributed by atoms with Gasteiger partial charge in [0.05, 0.1) is 33.6 Å². The van der Waals surface area contributed by atoms with Gasteiger partial charge in [0.2, 0.25) is 11.7 Å². The van der Waals surface area contributed by atoms with E-state index in [0.717, 1.165) is 11.3 Å². The third-order valence-electron chi connectivity index (χ3n) is 4.37. The van der Waals surface area contributed by atoms with E-state index in [4.69, 9.17) is 18.6 Å². The second-order valence-electron chi connectivity index (χ2n) is 6.32. The van der Waals surface area contributed by atoms with Crippen LogP contribution >= 0.6 is 0 Å². The number of furan rings is 1. The number of hydrogen-bond acceptors (Lipinski definition) is 6. The lowest BCUT2D eigenvalue weighted by molar-refractivity contribution is -0.121. The minimum atomic E-state index is -0.0498. The summed E-state index contributed by atoms with van der Waals surface area (Å²) in [5.41, 5.74) is 0.959. The van der Waals surface area contributed by atoms with E-state index in [2.05, 4.69) is 5.32 Å². The molecular formula is C20H28N2O5. The smallest absolute Gasteiger partial charge is 0.220 e. The topological polar surface area (TPSA) is 73.2 Å². The van der Waals surface area contributed by atoms with Crippen LogP contribution in [0.5, 0.6) is 17.2 Å². The van der Waals surface area contributed by atoms with E-state index in [-0.39, 0.29) is 11.9 Å². The Kier molecular flexibility index (Phi) is 7.55. The number of amides is 1. The molecule has 0 aliphatic carbocycles.